The molecule has 2 aromatic rings. The summed E-state index contributed by atoms with van der Waals surface area (Å²) in [6, 6.07) is 6.08. The molecule has 0 spiro atoms. The van der Waals surface area contributed by atoms with Crippen LogP contribution in [0.4, 0.5) is 4.39 Å². The molecule has 0 fully saturated rings. The number of halogens is 1. The molecule has 0 aliphatic heterocycles. The van der Waals surface area contributed by atoms with Crippen LogP contribution in [0.15, 0.2) is 30.3 Å². The van der Waals surface area contributed by atoms with Gasteiger partial charge in [0.25, 0.3) is 0 Å². The Kier molecular flexibility index (Phi) is 7.52. The van der Waals surface area contributed by atoms with Crippen LogP contribution in [-0.2, 0) is 20.8 Å². The Balaban J connectivity index is 1.95. The van der Waals surface area contributed by atoms with Crippen molar-refractivity contribution in [2.24, 2.45) is 0 Å². The van der Waals surface area contributed by atoms with E-state index in [4.69, 9.17) is 14.2 Å². The second-order valence-electron chi connectivity index (χ2n) is 6.19. The highest BCUT2D eigenvalue weighted by Crippen LogP contribution is 2.18. The van der Waals surface area contributed by atoms with E-state index in [1.165, 1.54) is 25.3 Å². The summed E-state index contributed by atoms with van der Waals surface area (Å²) < 4.78 is 30.5. The molecule has 2 rings (SSSR count). The van der Waals surface area contributed by atoms with Crippen molar-refractivity contribution in [3.05, 3.63) is 58.7 Å². The first kappa shape index (κ1) is 21.4. The Hall–Kier alpha value is -2.93. The Morgan fingerprint density at radius 2 is 1.93 bits per heavy atom. The van der Waals surface area contributed by atoms with Crippen LogP contribution in [0, 0.1) is 19.7 Å². The summed E-state index contributed by atoms with van der Waals surface area (Å²) in [6.07, 6.45) is 2.56. The average molecular weight is 389 g/mol. The Labute approximate surface area is 163 Å². The molecule has 7 heteroatoms. The van der Waals surface area contributed by atoms with E-state index >= 15 is 0 Å². The third-order valence-electron chi connectivity index (χ3n) is 4.33. The summed E-state index contributed by atoms with van der Waals surface area (Å²) >= 11 is 0. The van der Waals surface area contributed by atoms with E-state index in [9.17, 15) is 14.0 Å². The van der Waals surface area contributed by atoms with Gasteiger partial charge in [0.05, 0.1) is 13.7 Å². The summed E-state index contributed by atoms with van der Waals surface area (Å²) in [5.74, 6) is -1.38. The summed E-state index contributed by atoms with van der Waals surface area (Å²) in [6.45, 7) is 4.56. The van der Waals surface area contributed by atoms with E-state index < -0.39 is 11.8 Å². The van der Waals surface area contributed by atoms with Gasteiger partial charge in [-0.05, 0) is 43.7 Å². The fraction of sp³-hybridized carbons (Fsp3) is 0.333. The van der Waals surface area contributed by atoms with Gasteiger partial charge < -0.3 is 18.8 Å². The van der Waals surface area contributed by atoms with Gasteiger partial charge in [-0.15, -0.1) is 0 Å². The summed E-state index contributed by atoms with van der Waals surface area (Å²) in [7, 11) is 2.99. The molecule has 0 radical (unpaired) electrons. The zero-order chi connectivity index (χ0) is 20.7. The molecule has 1 heterocycles. The molecule has 0 aliphatic carbocycles. The van der Waals surface area contributed by atoms with Gasteiger partial charge in [0.1, 0.15) is 0 Å². The van der Waals surface area contributed by atoms with Gasteiger partial charge in [0.15, 0.2) is 18.2 Å². The van der Waals surface area contributed by atoms with Crippen molar-refractivity contribution in [1.29, 1.82) is 0 Å². The topological polar surface area (TPSA) is 66.8 Å². The molecule has 0 bridgehead atoms. The number of esters is 1. The van der Waals surface area contributed by atoms with E-state index in [2.05, 4.69) is 0 Å². The maximum atomic E-state index is 13.6. The number of ether oxygens (including phenoxy) is 3. The average Bonchev–Trinajstić information content (AvgIpc) is 2.96. The standard InChI is InChI=1S/C21H24FNO5/c1-14-11-17(15(2)23(14)9-10-26-3)19(24)13-28-21(25)8-6-16-5-7-20(27-4)18(22)12-16/h5-8,11-12H,9-10,13H2,1-4H3/b8-6+. The van der Waals surface area contributed by atoms with Crippen LogP contribution < -0.4 is 4.74 Å². The lowest BCUT2D eigenvalue weighted by Gasteiger charge is -2.08. The molecule has 0 saturated carbocycles. The van der Waals surface area contributed by atoms with E-state index in [-0.39, 0.29) is 18.1 Å². The molecule has 1 aromatic heterocycles. The molecule has 150 valence electrons. The van der Waals surface area contributed by atoms with Gasteiger partial charge in [-0.2, -0.15) is 0 Å². The normalized spacial score (nSPS) is 11.0. The van der Waals surface area contributed by atoms with Crippen molar-refractivity contribution in [2.75, 3.05) is 27.4 Å². The summed E-state index contributed by atoms with van der Waals surface area (Å²) in [5, 5.41) is 0. The van der Waals surface area contributed by atoms with Crippen molar-refractivity contribution in [2.45, 2.75) is 20.4 Å². The van der Waals surface area contributed by atoms with E-state index in [0.29, 0.717) is 24.3 Å². The lowest BCUT2D eigenvalue weighted by molar-refractivity contribution is -0.136. The highest BCUT2D eigenvalue weighted by Gasteiger charge is 2.16. The quantitative estimate of drug-likeness (QED) is 0.374. The highest BCUT2D eigenvalue weighted by molar-refractivity contribution is 6.00. The fourth-order valence-corrected chi connectivity index (χ4v) is 2.82. The van der Waals surface area contributed by atoms with E-state index in [1.54, 1.807) is 19.2 Å². The molecule has 1 aromatic carbocycles. The van der Waals surface area contributed by atoms with Crippen molar-refractivity contribution in [1.82, 2.24) is 4.57 Å². The monoisotopic (exact) mass is 389 g/mol. The number of hydrogen-bond donors (Lipinski definition) is 0. The van der Waals surface area contributed by atoms with Crippen LogP contribution in [-0.4, -0.2) is 43.8 Å². The van der Waals surface area contributed by atoms with Crippen molar-refractivity contribution >= 4 is 17.8 Å². The zero-order valence-electron chi connectivity index (χ0n) is 16.5. The number of aryl methyl sites for hydroxylation is 1. The summed E-state index contributed by atoms with van der Waals surface area (Å²) in [4.78, 5) is 24.2. The SMILES string of the molecule is COCCn1c(C)cc(C(=O)COC(=O)/C=C/c2ccc(OC)c(F)c2)c1C. The molecule has 0 amide bonds. The number of Topliss-reactive ketones (excluding diaryl/α,β-unsaturated/α-hetero) is 1. The molecular weight excluding hydrogens is 365 g/mol. The maximum absolute atomic E-state index is 13.6. The van der Waals surface area contributed by atoms with E-state index in [1.807, 2.05) is 18.4 Å². The number of methoxy groups -OCH3 is 2. The molecule has 0 aliphatic rings. The first-order chi connectivity index (χ1) is 13.4. The number of carbonyl (C=O) groups excluding carboxylic acids is 2. The van der Waals surface area contributed by atoms with Crippen LogP contribution in [0.1, 0.15) is 27.3 Å². The highest BCUT2D eigenvalue weighted by atomic mass is 19.1. The molecule has 28 heavy (non-hydrogen) atoms. The van der Waals surface area contributed by atoms with Crippen LogP contribution >= 0.6 is 0 Å². The van der Waals surface area contributed by atoms with Gasteiger partial charge in [-0.3, -0.25) is 4.79 Å². The largest absolute Gasteiger partial charge is 0.494 e. The van der Waals surface area contributed by atoms with Crippen molar-refractivity contribution < 1.29 is 28.2 Å². The number of hydrogen-bond acceptors (Lipinski definition) is 5. The minimum atomic E-state index is -0.683. The summed E-state index contributed by atoms with van der Waals surface area (Å²) in [5.41, 5.74) is 2.73. The second-order valence-corrected chi connectivity index (χ2v) is 6.19. The van der Waals surface area contributed by atoms with E-state index in [0.717, 1.165) is 17.5 Å². The van der Waals surface area contributed by atoms with Crippen LogP contribution in [0.5, 0.6) is 5.75 Å². The second kappa shape index (κ2) is 9.85. The predicted molar refractivity (Wildman–Crippen MR) is 103 cm³/mol. The van der Waals surface area contributed by atoms with Crippen LogP contribution in [0.2, 0.25) is 0 Å². The Bertz CT molecular complexity index is 885. The first-order valence-electron chi connectivity index (χ1n) is 8.74. The maximum Gasteiger partial charge on any atom is 0.331 e. The van der Waals surface area contributed by atoms with Crippen molar-refractivity contribution in [3.8, 4) is 5.75 Å². The molecule has 6 nitrogen and oxygen atoms in total. The predicted octanol–water partition coefficient (Wildman–Crippen LogP) is 3.34. The molecule has 0 saturated heterocycles. The third kappa shape index (κ3) is 5.29. The fourth-order valence-electron chi connectivity index (χ4n) is 2.82. The number of nitrogens with zero attached hydrogens (tertiary/aromatic N) is 1. The van der Waals surface area contributed by atoms with Gasteiger partial charge in [-0.1, -0.05) is 6.07 Å². The zero-order valence-corrected chi connectivity index (χ0v) is 16.5. The molecule has 0 atom stereocenters. The number of aromatic nitrogens is 1. The Morgan fingerprint density at radius 3 is 2.57 bits per heavy atom. The lowest BCUT2D eigenvalue weighted by Crippen LogP contribution is -2.14. The number of benzene rings is 1. The van der Waals surface area contributed by atoms with Crippen molar-refractivity contribution in [3.63, 3.8) is 0 Å². The number of carbonyl (C=O) groups is 2. The minimum absolute atomic E-state index is 0.119. The number of rotatable bonds is 9. The smallest absolute Gasteiger partial charge is 0.331 e. The Morgan fingerprint density at radius 1 is 1.18 bits per heavy atom. The number of ketones is 1. The lowest BCUT2D eigenvalue weighted by atomic mass is 10.1. The van der Waals surface area contributed by atoms with Crippen LogP contribution in [0.3, 0.4) is 0 Å². The van der Waals surface area contributed by atoms with Gasteiger partial charge >= 0.3 is 5.97 Å². The van der Waals surface area contributed by atoms with Gasteiger partial charge in [0.2, 0.25) is 5.78 Å². The van der Waals surface area contributed by atoms with Gasteiger partial charge in [0, 0.05) is 36.7 Å². The molecular formula is C21H24FNO5. The molecule has 0 N–H and O–H groups in total. The van der Waals surface area contributed by atoms with Crippen LogP contribution in [0.25, 0.3) is 6.08 Å². The minimum Gasteiger partial charge on any atom is -0.494 e. The molecule has 0 unspecified atom stereocenters. The third-order valence-corrected chi connectivity index (χ3v) is 4.33. The van der Waals surface area contributed by atoms with Gasteiger partial charge in [-0.25, -0.2) is 9.18 Å². The first-order valence-corrected chi connectivity index (χ1v) is 8.74.